The predicted molar refractivity (Wildman–Crippen MR) is 102 cm³/mol. The summed E-state index contributed by atoms with van der Waals surface area (Å²) in [4.78, 5) is 16.5. The standard InChI is InChI=1S/C18H17N3O3S2/c1-13-12-25-17(20-13)11-19-18(22)14-7-9-16(10-8-14)26(23,24)21-15-5-3-2-4-6-15/h2-10,12,21H,11H2,1H3,(H,19,22). The minimum atomic E-state index is -3.70. The molecule has 8 heteroatoms. The first kappa shape index (κ1) is 18.1. The Hall–Kier alpha value is -2.71. The Morgan fingerprint density at radius 1 is 1.08 bits per heavy atom. The average Bonchev–Trinajstić information content (AvgIpc) is 3.05. The lowest BCUT2D eigenvalue weighted by molar-refractivity contribution is 0.0950. The number of rotatable bonds is 6. The third kappa shape index (κ3) is 4.47. The minimum Gasteiger partial charge on any atom is -0.346 e. The smallest absolute Gasteiger partial charge is 0.261 e. The molecule has 0 fully saturated rings. The lowest BCUT2D eigenvalue weighted by Crippen LogP contribution is -2.22. The zero-order valence-corrected chi connectivity index (χ0v) is 15.6. The second-order valence-electron chi connectivity index (χ2n) is 5.56. The van der Waals surface area contributed by atoms with Crippen LogP contribution in [0.5, 0.6) is 0 Å². The summed E-state index contributed by atoms with van der Waals surface area (Å²) in [6, 6.07) is 14.4. The number of carbonyl (C=O) groups excluding carboxylic acids is 1. The van der Waals surface area contributed by atoms with Crippen LogP contribution in [0.2, 0.25) is 0 Å². The van der Waals surface area contributed by atoms with E-state index in [0.29, 0.717) is 17.8 Å². The molecule has 0 spiro atoms. The highest BCUT2D eigenvalue weighted by molar-refractivity contribution is 7.92. The molecule has 0 bridgehead atoms. The second-order valence-corrected chi connectivity index (χ2v) is 8.19. The van der Waals surface area contributed by atoms with E-state index in [0.717, 1.165) is 10.7 Å². The van der Waals surface area contributed by atoms with Gasteiger partial charge in [-0.1, -0.05) is 18.2 Å². The van der Waals surface area contributed by atoms with Gasteiger partial charge in [0.1, 0.15) is 5.01 Å². The molecule has 0 saturated carbocycles. The molecule has 0 atom stereocenters. The number of aryl methyl sites for hydroxylation is 1. The summed E-state index contributed by atoms with van der Waals surface area (Å²) in [7, 11) is -3.70. The number of sulfonamides is 1. The largest absolute Gasteiger partial charge is 0.346 e. The third-order valence-corrected chi connectivity index (χ3v) is 5.88. The number of nitrogens with one attached hydrogen (secondary N) is 2. The first-order valence-corrected chi connectivity index (χ1v) is 10.2. The molecule has 0 radical (unpaired) electrons. The van der Waals surface area contributed by atoms with Gasteiger partial charge in [0.05, 0.1) is 11.4 Å². The van der Waals surface area contributed by atoms with E-state index >= 15 is 0 Å². The van der Waals surface area contributed by atoms with E-state index in [1.807, 2.05) is 12.3 Å². The Bertz CT molecular complexity index is 998. The van der Waals surface area contributed by atoms with Gasteiger partial charge in [0.2, 0.25) is 0 Å². The Kier molecular flexibility index (Phi) is 5.34. The first-order valence-electron chi connectivity index (χ1n) is 7.81. The van der Waals surface area contributed by atoms with E-state index in [1.54, 1.807) is 30.3 Å². The van der Waals surface area contributed by atoms with E-state index in [1.165, 1.54) is 35.6 Å². The van der Waals surface area contributed by atoms with Gasteiger partial charge < -0.3 is 5.32 Å². The number of amides is 1. The summed E-state index contributed by atoms with van der Waals surface area (Å²) < 4.78 is 27.3. The van der Waals surface area contributed by atoms with Crippen LogP contribution >= 0.6 is 11.3 Å². The van der Waals surface area contributed by atoms with E-state index < -0.39 is 10.0 Å². The highest BCUT2D eigenvalue weighted by Crippen LogP contribution is 2.16. The van der Waals surface area contributed by atoms with Crippen LogP contribution in [0, 0.1) is 6.92 Å². The molecule has 1 aromatic heterocycles. The van der Waals surface area contributed by atoms with E-state index in [4.69, 9.17) is 0 Å². The van der Waals surface area contributed by atoms with Crippen molar-refractivity contribution in [2.24, 2.45) is 0 Å². The summed E-state index contributed by atoms with van der Waals surface area (Å²) in [6.07, 6.45) is 0. The van der Waals surface area contributed by atoms with Gasteiger partial charge in [-0.05, 0) is 43.3 Å². The SMILES string of the molecule is Cc1csc(CNC(=O)c2ccc(S(=O)(=O)Nc3ccccc3)cc2)n1. The molecule has 0 saturated heterocycles. The Morgan fingerprint density at radius 2 is 1.77 bits per heavy atom. The van der Waals surface area contributed by atoms with Gasteiger partial charge in [-0.2, -0.15) is 0 Å². The van der Waals surface area contributed by atoms with E-state index in [9.17, 15) is 13.2 Å². The fourth-order valence-corrected chi connectivity index (χ4v) is 4.02. The molecular weight excluding hydrogens is 370 g/mol. The first-order chi connectivity index (χ1) is 12.4. The zero-order valence-electron chi connectivity index (χ0n) is 14.0. The van der Waals surface area contributed by atoms with Crippen molar-refractivity contribution < 1.29 is 13.2 Å². The Morgan fingerprint density at radius 3 is 2.38 bits per heavy atom. The summed E-state index contributed by atoms with van der Waals surface area (Å²) in [5.41, 5.74) is 1.78. The van der Waals surface area contributed by atoms with Crippen LogP contribution in [0.25, 0.3) is 0 Å². The fraction of sp³-hybridized carbons (Fsp3) is 0.111. The number of carbonyl (C=O) groups is 1. The van der Waals surface area contributed by atoms with Crippen LogP contribution < -0.4 is 10.0 Å². The Balaban J connectivity index is 1.66. The van der Waals surface area contributed by atoms with Gasteiger partial charge >= 0.3 is 0 Å². The van der Waals surface area contributed by atoms with Gasteiger partial charge in [-0.3, -0.25) is 9.52 Å². The van der Waals surface area contributed by atoms with Crippen LogP contribution in [0.1, 0.15) is 21.1 Å². The fourth-order valence-electron chi connectivity index (χ4n) is 2.25. The maximum absolute atomic E-state index is 12.4. The van der Waals surface area contributed by atoms with E-state index in [2.05, 4.69) is 15.0 Å². The molecule has 0 unspecified atom stereocenters. The van der Waals surface area contributed by atoms with Crippen molar-refractivity contribution in [1.82, 2.24) is 10.3 Å². The number of thiazole rings is 1. The molecule has 0 aliphatic carbocycles. The normalized spacial score (nSPS) is 11.1. The van der Waals surface area contributed by atoms with Crippen LogP contribution in [-0.4, -0.2) is 19.3 Å². The molecule has 0 aliphatic heterocycles. The number of hydrogen-bond donors (Lipinski definition) is 2. The van der Waals surface area contributed by atoms with Crippen molar-refractivity contribution in [3.63, 3.8) is 0 Å². The van der Waals surface area contributed by atoms with Crippen LogP contribution in [0.15, 0.2) is 64.9 Å². The van der Waals surface area contributed by atoms with Gasteiger partial charge in [0.25, 0.3) is 15.9 Å². The van der Waals surface area contributed by atoms with Crippen molar-refractivity contribution in [1.29, 1.82) is 0 Å². The van der Waals surface area contributed by atoms with Crippen molar-refractivity contribution in [3.05, 3.63) is 76.2 Å². The van der Waals surface area contributed by atoms with Crippen LogP contribution in [0.4, 0.5) is 5.69 Å². The lowest BCUT2D eigenvalue weighted by atomic mass is 10.2. The molecule has 2 aromatic carbocycles. The van der Waals surface area contributed by atoms with Crippen LogP contribution in [0.3, 0.4) is 0 Å². The highest BCUT2D eigenvalue weighted by Gasteiger charge is 2.15. The van der Waals surface area contributed by atoms with Gasteiger partial charge in [-0.25, -0.2) is 13.4 Å². The number of nitrogens with zero attached hydrogens (tertiary/aromatic N) is 1. The summed E-state index contributed by atoms with van der Waals surface area (Å²) >= 11 is 1.48. The molecule has 0 aliphatic rings. The molecule has 3 rings (SSSR count). The number of hydrogen-bond acceptors (Lipinski definition) is 5. The zero-order chi connectivity index (χ0) is 18.6. The number of para-hydroxylation sites is 1. The maximum atomic E-state index is 12.4. The number of anilines is 1. The molecular formula is C18H17N3O3S2. The van der Waals surface area contributed by atoms with E-state index in [-0.39, 0.29) is 10.8 Å². The average molecular weight is 387 g/mol. The third-order valence-electron chi connectivity index (χ3n) is 3.52. The molecule has 3 aromatic rings. The quantitative estimate of drug-likeness (QED) is 0.680. The van der Waals surface area contributed by atoms with Gasteiger partial charge in [0, 0.05) is 22.3 Å². The molecule has 6 nitrogen and oxygen atoms in total. The molecule has 26 heavy (non-hydrogen) atoms. The predicted octanol–water partition coefficient (Wildman–Crippen LogP) is 3.18. The molecule has 134 valence electrons. The number of aromatic nitrogens is 1. The summed E-state index contributed by atoms with van der Waals surface area (Å²) in [5, 5.41) is 5.51. The summed E-state index contributed by atoms with van der Waals surface area (Å²) in [6.45, 7) is 2.23. The second kappa shape index (κ2) is 7.67. The van der Waals surface area contributed by atoms with Crippen molar-refractivity contribution in [2.75, 3.05) is 4.72 Å². The topological polar surface area (TPSA) is 88.2 Å². The number of benzene rings is 2. The highest BCUT2D eigenvalue weighted by atomic mass is 32.2. The van der Waals surface area contributed by atoms with Crippen molar-refractivity contribution >= 4 is 33.0 Å². The molecule has 2 N–H and O–H groups in total. The maximum Gasteiger partial charge on any atom is 0.261 e. The lowest BCUT2D eigenvalue weighted by Gasteiger charge is -2.09. The Labute approximate surface area is 156 Å². The molecule has 1 amide bonds. The minimum absolute atomic E-state index is 0.0912. The van der Waals surface area contributed by atoms with Crippen molar-refractivity contribution in [2.45, 2.75) is 18.4 Å². The van der Waals surface area contributed by atoms with Crippen LogP contribution in [-0.2, 0) is 16.6 Å². The molecule has 1 heterocycles. The van der Waals surface area contributed by atoms with Gasteiger partial charge in [-0.15, -0.1) is 11.3 Å². The summed E-state index contributed by atoms with van der Waals surface area (Å²) in [5.74, 6) is -0.280. The monoisotopic (exact) mass is 387 g/mol. The van der Waals surface area contributed by atoms with Crippen molar-refractivity contribution in [3.8, 4) is 0 Å². The van der Waals surface area contributed by atoms with Gasteiger partial charge in [0.15, 0.2) is 0 Å².